The van der Waals surface area contributed by atoms with E-state index in [2.05, 4.69) is 10.4 Å². The summed E-state index contributed by atoms with van der Waals surface area (Å²) in [4.78, 5) is 12.0. The molecule has 0 saturated heterocycles. The van der Waals surface area contributed by atoms with Gasteiger partial charge in [-0.3, -0.25) is 9.48 Å². The van der Waals surface area contributed by atoms with Crippen molar-refractivity contribution < 1.29 is 18.0 Å². The highest BCUT2D eigenvalue weighted by Gasteiger charge is 2.38. The molecule has 0 aliphatic heterocycles. The highest BCUT2D eigenvalue weighted by Crippen LogP contribution is 2.37. The molecular formula is C12H8Cl2F3N3O. The Morgan fingerprint density at radius 3 is 2.52 bits per heavy atom. The predicted octanol–water partition coefficient (Wildman–Crippen LogP) is 4.00. The Bertz CT molecular complexity index is 698. The number of anilines is 1. The zero-order valence-corrected chi connectivity index (χ0v) is 12.0. The highest BCUT2D eigenvalue weighted by molar-refractivity contribution is 6.34. The summed E-state index contributed by atoms with van der Waals surface area (Å²) in [6.07, 6.45) is -4.70. The molecule has 1 aromatic carbocycles. The number of benzene rings is 1. The number of nitrogens with one attached hydrogen (secondary N) is 1. The molecule has 21 heavy (non-hydrogen) atoms. The van der Waals surface area contributed by atoms with Crippen molar-refractivity contribution in [1.29, 1.82) is 0 Å². The Labute approximate surface area is 127 Å². The van der Waals surface area contributed by atoms with Crippen LogP contribution in [-0.4, -0.2) is 15.7 Å². The third kappa shape index (κ3) is 3.30. The summed E-state index contributed by atoms with van der Waals surface area (Å²) in [6, 6.07) is 5.96. The number of carbonyl (C=O) groups is 1. The number of alkyl halides is 3. The van der Waals surface area contributed by atoms with Crippen LogP contribution in [0.4, 0.5) is 19.0 Å². The summed E-state index contributed by atoms with van der Waals surface area (Å²) in [5.41, 5.74) is -1.07. The van der Waals surface area contributed by atoms with E-state index < -0.39 is 22.8 Å². The minimum Gasteiger partial charge on any atom is -0.306 e. The van der Waals surface area contributed by atoms with E-state index in [9.17, 15) is 18.0 Å². The van der Waals surface area contributed by atoms with Crippen LogP contribution in [0.1, 0.15) is 16.1 Å². The van der Waals surface area contributed by atoms with E-state index in [-0.39, 0.29) is 11.4 Å². The average molecular weight is 338 g/mol. The molecule has 0 saturated carbocycles. The summed E-state index contributed by atoms with van der Waals surface area (Å²) in [7, 11) is 1.24. The highest BCUT2D eigenvalue weighted by atomic mass is 35.5. The van der Waals surface area contributed by atoms with E-state index in [1.54, 1.807) is 12.1 Å². The molecule has 0 spiro atoms. The molecule has 0 unspecified atom stereocenters. The molecule has 0 atom stereocenters. The van der Waals surface area contributed by atoms with Crippen LogP contribution in [0.15, 0.2) is 24.3 Å². The molecule has 0 aliphatic carbocycles. The molecule has 0 radical (unpaired) electrons. The zero-order valence-electron chi connectivity index (χ0n) is 10.5. The molecule has 0 aliphatic rings. The first-order valence-electron chi connectivity index (χ1n) is 5.56. The molecule has 2 aromatic rings. The second-order valence-corrected chi connectivity index (χ2v) is 4.91. The topological polar surface area (TPSA) is 46.9 Å². The minimum absolute atomic E-state index is 0.188. The van der Waals surface area contributed by atoms with Crippen molar-refractivity contribution in [2.24, 2.45) is 7.05 Å². The molecule has 1 heterocycles. The zero-order chi connectivity index (χ0) is 15.8. The van der Waals surface area contributed by atoms with E-state index in [4.69, 9.17) is 23.2 Å². The number of rotatable bonds is 2. The Hall–Kier alpha value is -1.73. The number of amides is 1. The number of hydrogen-bond acceptors (Lipinski definition) is 2. The fourth-order valence-corrected chi connectivity index (χ4v) is 2.13. The van der Waals surface area contributed by atoms with Crippen LogP contribution < -0.4 is 5.32 Å². The molecule has 0 fully saturated rings. The quantitative estimate of drug-likeness (QED) is 0.900. The van der Waals surface area contributed by atoms with Crippen LogP contribution in [0.25, 0.3) is 0 Å². The van der Waals surface area contributed by atoms with Gasteiger partial charge in [0, 0.05) is 17.6 Å². The van der Waals surface area contributed by atoms with E-state index in [0.29, 0.717) is 5.02 Å². The Morgan fingerprint density at radius 2 is 2.00 bits per heavy atom. The van der Waals surface area contributed by atoms with Crippen LogP contribution >= 0.6 is 23.2 Å². The van der Waals surface area contributed by atoms with Crippen molar-refractivity contribution >= 4 is 34.9 Å². The van der Waals surface area contributed by atoms with Gasteiger partial charge in [-0.2, -0.15) is 18.3 Å². The molecule has 112 valence electrons. The van der Waals surface area contributed by atoms with Crippen molar-refractivity contribution in [3.05, 3.63) is 45.6 Å². The van der Waals surface area contributed by atoms with Crippen molar-refractivity contribution in [3.8, 4) is 0 Å². The smallest absolute Gasteiger partial charge is 0.306 e. The second kappa shape index (κ2) is 5.57. The molecule has 1 aromatic heterocycles. The van der Waals surface area contributed by atoms with E-state index in [1.165, 1.54) is 19.2 Å². The van der Waals surface area contributed by atoms with E-state index >= 15 is 0 Å². The van der Waals surface area contributed by atoms with Gasteiger partial charge in [0.25, 0.3) is 5.91 Å². The molecule has 1 N–H and O–H groups in total. The monoisotopic (exact) mass is 337 g/mol. The third-order valence-electron chi connectivity index (χ3n) is 2.58. The van der Waals surface area contributed by atoms with Crippen LogP contribution in [0.2, 0.25) is 10.0 Å². The Balaban J connectivity index is 2.32. The van der Waals surface area contributed by atoms with E-state index in [0.717, 1.165) is 4.68 Å². The van der Waals surface area contributed by atoms with Gasteiger partial charge in [-0.25, -0.2) is 0 Å². The summed E-state index contributed by atoms with van der Waals surface area (Å²) in [5, 5.41) is 5.21. The first-order valence-corrected chi connectivity index (χ1v) is 6.32. The fourth-order valence-electron chi connectivity index (χ4n) is 1.62. The predicted molar refractivity (Wildman–Crippen MR) is 72.6 cm³/mol. The van der Waals surface area contributed by atoms with Gasteiger partial charge < -0.3 is 5.32 Å². The number of carbonyl (C=O) groups excluding carboxylic acids is 1. The van der Waals surface area contributed by atoms with Gasteiger partial charge >= 0.3 is 6.18 Å². The fraction of sp³-hybridized carbons (Fsp3) is 0.167. The molecule has 2 rings (SSSR count). The van der Waals surface area contributed by atoms with Crippen molar-refractivity contribution in [1.82, 2.24) is 9.78 Å². The lowest BCUT2D eigenvalue weighted by Crippen LogP contribution is -2.14. The maximum absolute atomic E-state index is 12.7. The lowest BCUT2D eigenvalue weighted by atomic mass is 10.2. The maximum atomic E-state index is 12.7. The summed E-state index contributed by atoms with van der Waals surface area (Å²) >= 11 is 11.4. The van der Waals surface area contributed by atoms with Crippen molar-refractivity contribution in [3.63, 3.8) is 0 Å². The van der Waals surface area contributed by atoms with Gasteiger partial charge in [-0.05, 0) is 18.2 Å². The maximum Gasteiger partial charge on any atom is 0.436 e. The van der Waals surface area contributed by atoms with Gasteiger partial charge in [0.1, 0.15) is 5.02 Å². The van der Waals surface area contributed by atoms with Gasteiger partial charge in [0.15, 0.2) is 11.5 Å². The number of hydrogen-bond donors (Lipinski definition) is 1. The number of halogens is 5. The van der Waals surface area contributed by atoms with Gasteiger partial charge in [-0.1, -0.05) is 29.3 Å². The van der Waals surface area contributed by atoms with Gasteiger partial charge in [0.05, 0.1) is 0 Å². The second-order valence-electron chi connectivity index (χ2n) is 4.10. The third-order valence-corrected chi connectivity index (χ3v) is 3.17. The lowest BCUT2D eigenvalue weighted by molar-refractivity contribution is -0.141. The average Bonchev–Trinajstić information content (AvgIpc) is 2.66. The van der Waals surface area contributed by atoms with E-state index in [1.807, 2.05) is 0 Å². The number of nitrogens with zero attached hydrogens (tertiary/aromatic N) is 2. The molecular weight excluding hydrogens is 330 g/mol. The summed E-state index contributed by atoms with van der Waals surface area (Å²) in [6.45, 7) is 0. The standard InChI is InChI=1S/C12H8Cl2F3N3O/c1-20-10(8(14)9(19-20)12(15,16)17)18-11(21)6-3-2-4-7(13)5-6/h2-5H,1H3,(H,18,21). The van der Waals surface area contributed by atoms with Gasteiger partial charge in [0.2, 0.25) is 0 Å². The normalized spacial score (nSPS) is 11.5. The van der Waals surface area contributed by atoms with Crippen LogP contribution in [0, 0.1) is 0 Å². The first kappa shape index (κ1) is 15.7. The molecule has 4 nitrogen and oxygen atoms in total. The number of aromatic nitrogens is 2. The van der Waals surface area contributed by atoms with Crippen LogP contribution in [0.3, 0.4) is 0 Å². The molecule has 0 bridgehead atoms. The van der Waals surface area contributed by atoms with Crippen LogP contribution in [-0.2, 0) is 13.2 Å². The summed E-state index contributed by atoms with van der Waals surface area (Å²) in [5.74, 6) is -0.884. The first-order chi connectivity index (χ1) is 9.70. The lowest BCUT2D eigenvalue weighted by Gasteiger charge is -2.06. The largest absolute Gasteiger partial charge is 0.436 e. The SMILES string of the molecule is Cn1nc(C(F)(F)F)c(Cl)c1NC(=O)c1cccc(Cl)c1. The number of aryl methyl sites for hydroxylation is 1. The summed E-state index contributed by atoms with van der Waals surface area (Å²) < 4.78 is 38.8. The van der Waals surface area contributed by atoms with Crippen LogP contribution in [0.5, 0.6) is 0 Å². The molecule has 9 heteroatoms. The molecule has 1 amide bonds. The van der Waals surface area contributed by atoms with Crippen molar-refractivity contribution in [2.45, 2.75) is 6.18 Å². The van der Waals surface area contributed by atoms with Crippen molar-refractivity contribution in [2.75, 3.05) is 5.32 Å². The Kier molecular flexibility index (Phi) is 4.15. The van der Waals surface area contributed by atoms with Gasteiger partial charge in [-0.15, -0.1) is 0 Å². The Morgan fingerprint density at radius 1 is 1.33 bits per heavy atom. The minimum atomic E-state index is -4.70.